The smallest absolute Gasteiger partial charge is 0.236 e. The minimum absolute atomic E-state index is 0.0104. The third kappa shape index (κ3) is 4.41. The molecule has 1 saturated heterocycles. The molecule has 0 aliphatic carbocycles. The zero-order chi connectivity index (χ0) is 18.5. The van der Waals surface area contributed by atoms with Crippen molar-refractivity contribution in [2.45, 2.75) is 36.8 Å². The molecule has 0 aromatic heterocycles. The number of amides is 2. The van der Waals surface area contributed by atoms with E-state index in [1.165, 1.54) is 10.5 Å². The SMILES string of the molecule is CCN(CC)C(=O)CN1CCCN(C(=O)C2Cc3ccccc3S2)CC1. The van der Waals surface area contributed by atoms with Gasteiger partial charge < -0.3 is 9.80 Å². The Morgan fingerprint density at radius 3 is 2.62 bits per heavy atom. The monoisotopic (exact) mass is 375 g/mol. The van der Waals surface area contributed by atoms with Gasteiger partial charge in [-0.3, -0.25) is 14.5 Å². The number of carbonyl (C=O) groups is 2. The van der Waals surface area contributed by atoms with Crippen LogP contribution >= 0.6 is 11.8 Å². The second-order valence-corrected chi connectivity index (χ2v) is 8.18. The molecule has 0 spiro atoms. The maximum absolute atomic E-state index is 13.0. The molecule has 0 N–H and O–H groups in total. The molecule has 2 amide bonds. The summed E-state index contributed by atoms with van der Waals surface area (Å²) in [6.07, 6.45) is 1.77. The minimum atomic E-state index is 0.0104. The molecule has 1 unspecified atom stereocenters. The molecule has 1 aromatic rings. The zero-order valence-electron chi connectivity index (χ0n) is 15.8. The van der Waals surface area contributed by atoms with E-state index in [1.54, 1.807) is 11.8 Å². The van der Waals surface area contributed by atoms with Crippen molar-refractivity contribution >= 4 is 23.6 Å². The van der Waals surface area contributed by atoms with Crippen LogP contribution in [-0.2, 0) is 16.0 Å². The van der Waals surface area contributed by atoms with Gasteiger partial charge in [-0.05, 0) is 38.3 Å². The van der Waals surface area contributed by atoms with E-state index in [4.69, 9.17) is 0 Å². The van der Waals surface area contributed by atoms with Crippen molar-refractivity contribution < 1.29 is 9.59 Å². The third-order valence-electron chi connectivity index (χ3n) is 5.30. The lowest BCUT2D eigenvalue weighted by molar-refractivity contribution is -0.132. The maximum Gasteiger partial charge on any atom is 0.236 e. The van der Waals surface area contributed by atoms with Crippen molar-refractivity contribution in [2.24, 2.45) is 0 Å². The van der Waals surface area contributed by atoms with E-state index in [0.29, 0.717) is 6.54 Å². The van der Waals surface area contributed by atoms with Crippen molar-refractivity contribution in [1.82, 2.24) is 14.7 Å². The molecule has 1 aromatic carbocycles. The molecule has 26 heavy (non-hydrogen) atoms. The van der Waals surface area contributed by atoms with Crippen LogP contribution in [0.5, 0.6) is 0 Å². The molecule has 1 fully saturated rings. The van der Waals surface area contributed by atoms with Crippen LogP contribution in [0.3, 0.4) is 0 Å². The van der Waals surface area contributed by atoms with E-state index in [-0.39, 0.29) is 17.1 Å². The van der Waals surface area contributed by atoms with Gasteiger partial charge in [0, 0.05) is 44.2 Å². The van der Waals surface area contributed by atoms with Crippen LogP contribution in [0, 0.1) is 0 Å². The van der Waals surface area contributed by atoms with Crippen molar-refractivity contribution in [3.63, 3.8) is 0 Å². The summed E-state index contributed by atoms with van der Waals surface area (Å²) < 4.78 is 0. The Hall–Kier alpha value is -1.53. The van der Waals surface area contributed by atoms with Gasteiger partial charge in [0.05, 0.1) is 11.8 Å². The summed E-state index contributed by atoms with van der Waals surface area (Å²) in [5.74, 6) is 0.444. The fourth-order valence-electron chi connectivity index (χ4n) is 3.74. The summed E-state index contributed by atoms with van der Waals surface area (Å²) in [6.45, 7) is 9.19. The first-order chi connectivity index (χ1) is 12.6. The molecule has 2 aliphatic heterocycles. The second-order valence-electron chi connectivity index (χ2n) is 6.94. The van der Waals surface area contributed by atoms with Crippen LogP contribution in [0.25, 0.3) is 0 Å². The van der Waals surface area contributed by atoms with Crippen molar-refractivity contribution in [1.29, 1.82) is 0 Å². The second kappa shape index (κ2) is 8.91. The van der Waals surface area contributed by atoms with Crippen LogP contribution in [0.4, 0.5) is 0 Å². The Bertz CT molecular complexity index is 623. The number of hydrogen-bond acceptors (Lipinski definition) is 4. The highest BCUT2D eigenvalue weighted by atomic mass is 32.2. The van der Waals surface area contributed by atoms with Crippen molar-refractivity contribution in [3.8, 4) is 0 Å². The fourth-order valence-corrected chi connectivity index (χ4v) is 5.02. The van der Waals surface area contributed by atoms with Gasteiger partial charge in [0.25, 0.3) is 0 Å². The summed E-state index contributed by atoms with van der Waals surface area (Å²) in [5.41, 5.74) is 1.29. The summed E-state index contributed by atoms with van der Waals surface area (Å²) in [5, 5.41) is 0.0104. The largest absolute Gasteiger partial charge is 0.342 e. The predicted molar refractivity (Wildman–Crippen MR) is 105 cm³/mol. The molecule has 0 radical (unpaired) electrons. The van der Waals surface area contributed by atoms with Gasteiger partial charge in [-0.25, -0.2) is 0 Å². The minimum Gasteiger partial charge on any atom is -0.342 e. The fraction of sp³-hybridized carbons (Fsp3) is 0.600. The number of nitrogens with zero attached hydrogens (tertiary/aromatic N) is 3. The third-order valence-corrected chi connectivity index (χ3v) is 6.60. The van der Waals surface area contributed by atoms with Gasteiger partial charge in [0.2, 0.25) is 11.8 Å². The normalized spacial score (nSPS) is 20.5. The summed E-state index contributed by atoms with van der Waals surface area (Å²) in [6, 6.07) is 8.31. The number of carbonyl (C=O) groups excluding carboxylic acids is 2. The number of fused-ring (bicyclic) bond motifs is 1. The van der Waals surface area contributed by atoms with Crippen LogP contribution < -0.4 is 0 Å². The number of benzene rings is 1. The Labute approximate surface area is 160 Å². The lowest BCUT2D eigenvalue weighted by Gasteiger charge is -2.25. The molecule has 5 nitrogen and oxygen atoms in total. The summed E-state index contributed by atoms with van der Waals surface area (Å²) in [4.78, 5) is 32.6. The average molecular weight is 376 g/mol. The van der Waals surface area contributed by atoms with Crippen LogP contribution in [0.15, 0.2) is 29.2 Å². The Kier molecular flexibility index (Phi) is 6.59. The lowest BCUT2D eigenvalue weighted by Crippen LogP contribution is -2.43. The van der Waals surface area contributed by atoms with Gasteiger partial charge in [0.15, 0.2) is 0 Å². The van der Waals surface area contributed by atoms with E-state index in [9.17, 15) is 9.59 Å². The molecule has 2 aliphatic rings. The van der Waals surface area contributed by atoms with Crippen molar-refractivity contribution in [3.05, 3.63) is 29.8 Å². The molecule has 0 saturated carbocycles. The van der Waals surface area contributed by atoms with Gasteiger partial charge in [-0.2, -0.15) is 0 Å². The lowest BCUT2D eigenvalue weighted by atomic mass is 10.1. The first-order valence-corrected chi connectivity index (χ1v) is 10.5. The van der Waals surface area contributed by atoms with Gasteiger partial charge in [0.1, 0.15) is 0 Å². The van der Waals surface area contributed by atoms with Crippen LogP contribution in [-0.4, -0.2) is 77.6 Å². The van der Waals surface area contributed by atoms with E-state index in [1.807, 2.05) is 35.8 Å². The standard InChI is InChI=1S/C20H29N3O2S/c1-3-22(4-2)19(24)15-21-10-7-11-23(13-12-21)20(25)18-14-16-8-5-6-9-17(16)26-18/h5-6,8-9,18H,3-4,7,10-15H2,1-2H3. The van der Waals surface area contributed by atoms with Crippen molar-refractivity contribution in [2.75, 3.05) is 45.8 Å². The van der Waals surface area contributed by atoms with E-state index in [0.717, 1.165) is 52.1 Å². The predicted octanol–water partition coefficient (Wildman–Crippen LogP) is 2.11. The maximum atomic E-state index is 13.0. The number of likely N-dealkylation sites (N-methyl/N-ethyl adjacent to an activating group) is 1. The highest BCUT2D eigenvalue weighted by Crippen LogP contribution is 2.37. The molecular weight excluding hydrogens is 346 g/mol. The molecule has 0 bridgehead atoms. The molecule has 1 atom stereocenters. The van der Waals surface area contributed by atoms with Crippen LogP contribution in [0.2, 0.25) is 0 Å². The van der Waals surface area contributed by atoms with E-state index in [2.05, 4.69) is 17.0 Å². The van der Waals surface area contributed by atoms with E-state index >= 15 is 0 Å². The molecule has 2 heterocycles. The van der Waals surface area contributed by atoms with Gasteiger partial charge in [-0.1, -0.05) is 18.2 Å². The topological polar surface area (TPSA) is 43.9 Å². The zero-order valence-corrected chi connectivity index (χ0v) is 16.6. The molecule has 6 heteroatoms. The summed E-state index contributed by atoms with van der Waals surface area (Å²) >= 11 is 1.70. The highest BCUT2D eigenvalue weighted by molar-refractivity contribution is 8.01. The van der Waals surface area contributed by atoms with Gasteiger partial charge in [-0.15, -0.1) is 11.8 Å². The number of hydrogen-bond donors (Lipinski definition) is 0. The van der Waals surface area contributed by atoms with E-state index < -0.39 is 0 Å². The summed E-state index contributed by atoms with van der Waals surface area (Å²) in [7, 11) is 0. The quantitative estimate of drug-likeness (QED) is 0.791. The number of thioether (sulfide) groups is 1. The number of rotatable bonds is 5. The average Bonchev–Trinajstić information content (AvgIpc) is 2.95. The first kappa shape index (κ1) is 19.2. The Morgan fingerprint density at radius 2 is 1.88 bits per heavy atom. The van der Waals surface area contributed by atoms with Crippen LogP contribution in [0.1, 0.15) is 25.8 Å². The molecule has 142 valence electrons. The molecular formula is C20H29N3O2S. The Balaban J connectivity index is 1.52. The van der Waals surface area contributed by atoms with Gasteiger partial charge >= 0.3 is 0 Å². The molecule has 3 rings (SSSR count). The highest BCUT2D eigenvalue weighted by Gasteiger charge is 2.32. The first-order valence-electron chi connectivity index (χ1n) is 9.65. The Morgan fingerprint density at radius 1 is 1.12 bits per heavy atom.